The second-order valence-corrected chi connectivity index (χ2v) is 6.18. The molecule has 0 radical (unpaired) electrons. The van der Waals surface area contributed by atoms with Gasteiger partial charge in [0.05, 0.1) is 5.60 Å². The predicted octanol–water partition coefficient (Wildman–Crippen LogP) is 2.55. The minimum Gasteiger partial charge on any atom is -0.423 e. The summed E-state index contributed by atoms with van der Waals surface area (Å²) in [6.07, 6.45) is 0. The highest BCUT2D eigenvalue weighted by Crippen LogP contribution is 2.30. The Morgan fingerprint density at radius 2 is 2.05 bits per heavy atom. The van der Waals surface area contributed by atoms with Crippen molar-refractivity contribution >= 4 is 35.8 Å². The molecule has 1 amide bonds. The lowest BCUT2D eigenvalue weighted by atomic mass is 9.78. The van der Waals surface area contributed by atoms with Crippen molar-refractivity contribution in [2.24, 2.45) is 0 Å². The molecule has 1 heterocycles. The van der Waals surface area contributed by atoms with Gasteiger partial charge in [-0.1, -0.05) is 23.7 Å². The van der Waals surface area contributed by atoms with Gasteiger partial charge >= 0.3 is 7.12 Å². The van der Waals surface area contributed by atoms with Crippen LogP contribution >= 0.6 is 11.6 Å². The maximum atomic E-state index is 12.2. The zero-order chi connectivity index (χ0) is 15.9. The summed E-state index contributed by atoms with van der Waals surface area (Å²) in [5.74, 6) is -0.255. The van der Waals surface area contributed by atoms with E-state index in [1.165, 1.54) is 0 Å². The van der Waals surface area contributed by atoms with Crippen LogP contribution in [0, 0.1) is 0 Å². The van der Waals surface area contributed by atoms with Crippen molar-refractivity contribution in [3.8, 4) is 0 Å². The van der Waals surface area contributed by atoms with Gasteiger partial charge < -0.3 is 15.0 Å². The SMILES string of the molecule is CC1(C)OB(O)c2cc(NC(=O)c3cccc(Cl)c3)ccc21. The number of anilines is 1. The number of carbonyl (C=O) groups excluding carboxylic acids is 1. The fourth-order valence-corrected chi connectivity index (χ4v) is 2.82. The molecule has 0 unspecified atom stereocenters. The summed E-state index contributed by atoms with van der Waals surface area (Å²) < 4.78 is 5.50. The second kappa shape index (κ2) is 5.43. The smallest absolute Gasteiger partial charge is 0.423 e. The lowest BCUT2D eigenvalue weighted by molar-refractivity contribution is 0.101. The Morgan fingerprint density at radius 1 is 1.27 bits per heavy atom. The van der Waals surface area contributed by atoms with Crippen LogP contribution in [0.5, 0.6) is 0 Å². The van der Waals surface area contributed by atoms with E-state index in [-0.39, 0.29) is 5.91 Å². The van der Waals surface area contributed by atoms with Crippen molar-refractivity contribution in [3.63, 3.8) is 0 Å². The topological polar surface area (TPSA) is 58.6 Å². The third-order valence-corrected chi connectivity index (χ3v) is 3.95. The van der Waals surface area contributed by atoms with E-state index >= 15 is 0 Å². The number of amides is 1. The van der Waals surface area contributed by atoms with E-state index in [0.29, 0.717) is 21.7 Å². The zero-order valence-electron chi connectivity index (χ0n) is 12.3. The standard InChI is InChI=1S/C16H15BClNO3/c1-16(2)13-7-6-12(9-14(13)17(21)22-16)19-15(20)10-4-3-5-11(18)8-10/h3-9,21H,1-2H3,(H,19,20). The van der Waals surface area contributed by atoms with Gasteiger partial charge in [-0.3, -0.25) is 4.79 Å². The average molecular weight is 316 g/mol. The molecule has 6 heteroatoms. The molecule has 0 fully saturated rings. The summed E-state index contributed by atoms with van der Waals surface area (Å²) in [6, 6.07) is 12.1. The molecule has 112 valence electrons. The van der Waals surface area contributed by atoms with Gasteiger partial charge in [0, 0.05) is 16.3 Å². The first kappa shape index (κ1) is 15.1. The molecule has 0 aliphatic carbocycles. The third-order valence-electron chi connectivity index (χ3n) is 3.72. The van der Waals surface area contributed by atoms with Crippen molar-refractivity contribution in [2.75, 3.05) is 5.32 Å². The van der Waals surface area contributed by atoms with Gasteiger partial charge in [0.1, 0.15) is 0 Å². The van der Waals surface area contributed by atoms with Crippen LogP contribution in [0.3, 0.4) is 0 Å². The highest BCUT2D eigenvalue weighted by atomic mass is 35.5. The number of hydrogen-bond acceptors (Lipinski definition) is 3. The van der Waals surface area contributed by atoms with E-state index in [1.54, 1.807) is 36.4 Å². The molecule has 0 aromatic heterocycles. The molecule has 0 spiro atoms. The van der Waals surface area contributed by atoms with E-state index in [9.17, 15) is 9.82 Å². The number of halogens is 1. The normalized spacial score (nSPS) is 15.5. The first-order valence-corrected chi connectivity index (χ1v) is 7.32. The van der Waals surface area contributed by atoms with Crippen molar-refractivity contribution in [1.29, 1.82) is 0 Å². The van der Waals surface area contributed by atoms with Gasteiger partial charge in [0.2, 0.25) is 0 Å². The van der Waals surface area contributed by atoms with Crippen LogP contribution in [0.15, 0.2) is 42.5 Å². The first-order chi connectivity index (χ1) is 10.4. The molecule has 2 aromatic rings. The molecule has 2 aromatic carbocycles. The molecule has 2 N–H and O–H groups in total. The zero-order valence-corrected chi connectivity index (χ0v) is 13.0. The molecule has 1 aliphatic heterocycles. The van der Waals surface area contributed by atoms with Gasteiger partial charge in [-0.2, -0.15) is 0 Å². The summed E-state index contributed by atoms with van der Waals surface area (Å²) in [7, 11) is -0.979. The fourth-order valence-electron chi connectivity index (χ4n) is 2.63. The van der Waals surface area contributed by atoms with Crippen LogP contribution < -0.4 is 10.8 Å². The summed E-state index contributed by atoms with van der Waals surface area (Å²) in [6.45, 7) is 3.79. The van der Waals surface area contributed by atoms with Crippen molar-refractivity contribution in [3.05, 3.63) is 58.6 Å². The highest BCUT2D eigenvalue weighted by Gasteiger charge is 2.40. The Hall–Kier alpha value is -1.82. The number of fused-ring (bicyclic) bond motifs is 1. The van der Waals surface area contributed by atoms with E-state index < -0.39 is 12.7 Å². The molecule has 1 aliphatic rings. The lowest BCUT2D eigenvalue weighted by Gasteiger charge is -2.19. The van der Waals surface area contributed by atoms with E-state index in [4.69, 9.17) is 16.3 Å². The monoisotopic (exact) mass is 315 g/mol. The summed E-state index contributed by atoms with van der Waals surface area (Å²) in [5, 5.41) is 13.3. The van der Waals surface area contributed by atoms with Crippen molar-refractivity contribution in [1.82, 2.24) is 0 Å². The fraction of sp³-hybridized carbons (Fsp3) is 0.188. The van der Waals surface area contributed by atoms with E-state index in [1.807, 2.05) is 19.9 Å². The maximum absolute atomic E-state index is 12.2. The maximum Gasteiger partial charge on any atom is 0.492 e. The van der Waals surface area contributed by atoms with E-state index in [2.05, 4.69) is 5.32 Å². The molecule has 22 heavy (non-hydrogen) atoms. The molecule has 0 atom stereocenters. The molecule has 0 saturated carbocycles. The predicted molar refractivity (Wildman–Crippen MR) is 87.6 cm³/mol. The average Bonchev–Trinajstić information content (AvgIpc) is 2.68. The molecular formula is C16H15BClNO3. The first-order valence-electron chi connectivity index (χ1n) is 6.94. The number of rotatable bonds is 2. The lowest BCUT2D eigenvalue weighted by Crippen LogP contribution is -2.29. The van der Waals surface area contributed by atoms with Crippen molar-refractivity contribution in [2.45, 2.75) is 19.4 Å². The molecule has 3 rings (SSSR count). The summed E-state index contributed by atoms with van der Waals surface area (Å²) >= 11 is 5.89. The Labute approximate surface area is 134 Å². The molecule has 0 saturated heterocycles. The van der Waals surface area contributed by atoms with Crippen LogP contribution in [0.2, 0.25) is 5.02 Å². The third kappa shape index (κ3) is 2.75. The minimum atomic E-state index is -0.979. The van der Waals surface area contributed by atoms with Gasteiger partial charge in [-0.15, -0.1) is 0 Å². The largest absolute Gasteiger partial charge is 0.492 e. The van der Waals surface area contributed by atoms with Crippen LogP contribution in [0.25, 0.3) is 0 Å². The second-order valence-electron chi connectivity index (χ2n) is 5.75. The molecule has 4 nitrogen and oxygen atoms in total. The molecular weight excluding hydrogens is 300 g/mol. The van der Waals surface area contributed by atoms with Gasteiger partial charge in [-0.25, -0.2) is 0 Å². The Bertz CT molecular complexity index is 748. The minimum absolute atomic E-state index is 0.255. The number of carbonyl (C=O) groups is 1. The van der Waals surface area contributed by atoms with Gasteiger partial charge in [0.25, 0.3) is 5.91 Å². The Morgan fingerprint density at radius 3 is 2.77 bits per heavy atom. The van der Waals surface area contributed by atoms with Crippen LogP contribution in [-0.2, 0) is 10.3 Å². The number of hydrogen-bond donors (Lipinski definition) is 2. The molecule has 0 bridgehead atoms. The van der Waals surface area contributed by atoms with Crippen LogP contribution in [-0.4, -0.2) is 18.0 Å². The van der Waals surface area contributed by atoms with E-state index in [0.717, 1.165) is 5.56 Å². The van der Waals surface area contributed by atoms with Gasteiger partial charge in [0.15, 0.2) is 0 Å². The van der Waals surface area contributed by atoms with Gasteiger partial charge in [-0.05, 0) is 55.2 Å². The number of nitrogens with one attached hydrogen (secondary N) is 1. The van der Waals surface area contributed by atoms with Crippen LogP contribution in [0.1, 0.15) is 29.8 Å². The Balaban J connectivity index is 1.86. The summed E-state index contributed by atoms with van der Waals surface area (Å²) in [5.41, 5.74) is 2.13. The number of benzene rings is 2. The van der Waals surface area contributed by atoms with Crippen molar-refractivity contribution < 1.29 is 14.5 Å². The van der Waals surface area contributed by atoms with Crippen LogP contribution in [0.4, 0.5) is 5.69 Å². The quantitative estimate of drug-likeness (QED) is 0.837. The highest BCUT2D eigenvalue weighted by molar-refractivity contribution is 6.62. The summed E-state index contributed by atoms with van der Waals surface area (Å²) in [4.78, 5) is 12.2. The Kier molecular flexibility index (Phi) is 3.72.